The first-order valence-electron chi connectivity index (χ1n) is 9.15. The maximum atomic E-state index is 13.1. The van der Waals surface area contributed by atoms with Crippen LogP contribution in [0.1, 0.15) is 43.7 Å². The van der Waals surface area contributed by atoms with Gasteiger partial charge in [-0.1, -0.05) is 19.1 Å². The van der Waals surface area contributed by atoms with Crippen molar-refractivity contribution < 1.29 is 14.3 Å². The van der Waals surface area contributed by atoms with Gasteiger partial charge in [-0.15, -0.1) is 0 Å². The van der Waals surface area contributed by atoms with Crippen molar-refractivity contribution in [2.45, 2.75) is 44.3 Å². The van der Waals surface area contributed by atoms with Crippen molar-refractivity contribution in [2.75, 3.05) is 12.3 Å². The number of anilines is 1. The first-order valence-corrected chi connectivity index (χ1v) is 9.15. The van der Waals surface area contributed by atoms with Crippen LogP contribution in [-0.4, -0.2) is 29.1 Å². The average Bonchev–Trinajstić information content (AvgIpc) is 3.17. The van der Waals surface area contributed by atoms with Crippen LogP contribution in [0.25, 0.3) is 16.8 Å². The predicted octanol–water partition coefficient (Wildman–Crippen LogP) is 3.63. The Morgan fingerprint density at radius 1 is 1.27 bits per heavy atom. The molecule has 0 radical (unpaired) electrons. The summed E-state index contributed by atoms with van der Waals surface area (Å²) < 4.78 is 12.2. The molecule has 1 aromatic carbocycles. The fourth-order valence-corrected chi connectivity index (χ4v) is 4.45. The van der Waals surface area contributed by atoms with Crippen LogP contribution in [0.5, 0.6) is 0 Å². The summed E-state index contributed by atoms with van der Waals surface area (Å²) in [7, 11) is 0. The van der Waals surface area contributed by atoms with E-state index in [9.17, 15) is 4.79 Å². The number of nitrogens with two attached hydrogens (primary N) is 1. The first-order chi connectivity index (χ1) is 12.5. The number of ether oxygens (including phenoxy) is 2. The van der Waals surface area contributed by atoms with E-state index in [0.29, 0.717) is 12.4 Å². The second kappa shape index (κ2) is 5.24. The minimum absolute atomic E-state index is 0.0576. The highest BCUT2D eigenvalue weighted by Crippen LogP contribution is 2.49. The number of carbonyl (C=O) groups is 1. The van der Waals surface area contributed by atoms with E-state index in [1.54, 1.807) is 0 Å². The molecule has 1 saturated heterocycles. The molecule has 2 aromatic rings. The van der Waals surface area contributed by atoms with Gasteiger partial charge in [-0.25, -0.2) is 0 Å². The summed E-state index contributed by atoms with van der Waals surface area (Å²) in [6.45, 7) is 4.72. The summed E-state index contributed by atoms with van der Waals surface area (Å²) in [5.74, 6) is 1.60. The number of benzene rings is 1. The molecule has 5 heteroatoms. The zero-order chi connectivity index (χ0) is 18.1. The van der Waals surface area contributed by atoms with Gasteiger partial charge in [-0.05, 0) is 54.7 Å². The fraction of sp³-hybridized carbons (Fsp3) is 0.381. The minimum Gasteiger partial charge on any atom is -0.493 e. The molecule has 1 unspecified atom stereocenters. The Morgan fingerprint density at radius 3 is 2.88 bits per heavy atom. The Balaban J connectivity index is 1.70. The van der Waals surface area contributed by atoms with Crippen LogP contribution >= 0.6 is 0 Å². The van der Waals surface area contributed by atoms with Crippen LogP contribution in [0, 0.1) is 0 Å². The Labute approximate surface area is 152 Å². The van der Waals surface area contributed by atoms with Crippen LogP contribution < -0.4 is 5.73 Å². The van der Waals surface area contributed by atoms with Crippen molar-refractivity contribution >= 4 is 17.2 Å². The molecule has 134 valence electrons. The van der Waals surface area contributed by atoms with Gasteiger partial charge in [0.1, 0.15) is 23.3 Å². The van der Waals surface area contributed by atoms with Gasteiger partial charge in [-0.2, -0.15) is 0 Å². The molecule has 0 saturated carbocycles. The Kier molecular flexibility index (Phi) is 3.16. The van der Waals surface area contributed by atoms with E-state index in [4.69, 9.17) is 15.2 Å². The minimum atomic E-state index is -0.484. The van der Waals surface area contributed by atoms with E-state index in [1.807, 2.05) is 31.2 Å². The van der Waals surface area contributed by atoms with E-state index < -0.39 is 5.60 Å². The number of H-pyrrole nitrogens is 1. The topological polar surface area (TPSA) is 77.3 Å². The summed E-state index contributed by atoms with van der Waals surface area (Å²) in [5, 5.41) is 0. The summed E-state index contributed by atoms with van der Waals surface area (Å²) in [6, 6.07) is 10.1. The van der Waals surface area contributed by atoms with Crippen molar-refractivity contribution in [3.05, 3.63) is 47.2 Å². The van der Waals surface area contributed by atoms with E-state index in [1.165, 1.54) is 0 Å². The Bertz CT molecular complexity index is 958. The number of fused-ring (bicyclic) bond motifs is 5. The van der Waals surface area contributed by atoms with Gasteiger partial charge in [0.2, 0.25) is 0 Å². The SMILES string of the molecule is CC1COC2=C(C(=O)[C@@H]3CC[C@@]2(C)O3)c2ccc(-c3ccc(N)[nH]3)cc21. The number of Topliss-reactive ketones (excluding diaryl/α,β-unsaturated/α-hetero) is 1. The quantitative estimate of drug-likeness (QED) is 0.823. The standard InChI is InChI=1S/C21H22N2O3/c1-11-10-25-20-18(19(24)16-7-8-21(20,2)26-16)13-4-3-12(9-14(11)13)15-5-6-17(22)23-15/h3-6,9,11,16,23H,7-8,10,22H2,1-2H3/t11?,16-,21+/m0/s1. The molecular weight excluding hydrogens is 328 g/mol. The van der Waals surface area contributed by atoms with E-state index in [0.717, 1.165) is 46.6 Å². The smallest absolute Gasteiger partial charge is 0.195 e. The van der Waals surface area contributed by atoms with Crippen molar-refractivity contribution in [1.82, 2.24) is 4.98 Å². The molecule has 3 aliphatic heterocycles. The number of carbonyl (C=O) groups excluding carboxylic acids is 1. The van der Waals surface area contributed by atoms with E-state index in [2.05, 4.69) is 18.0 Å². The maximum Gasteiger partial charge on any atom is 0.195 e. The molecule has 3 N–H and O–H groups in total. The molecule has 0 spiro atoms. The number of rotatable bonds is 1. The van der Waals surface area contributed by atoms with Crippen LogP contribution in [0.4, 0.5) is 5.82 Å². The number of nitrogen functional groups attached to an aromatic ring is 1. The lowest BCUT2D eigenvalue weighted by molar-refractivity contribution is -0.131. The molecule has 4 heterocycles. The van der Waals surface area contributed by atoms with Crippen molar-refractivity contribution in [2.24, 2.45) is 0 Å². The number of hydrogen-bond donors (Lipinski definition) is 2. The fourth-order valence-electron chi connectivity index (χ4n) is 4.45. The third-order valence-electron chi connectivity index (χ3n) is 5.88. The summed E-state index contributed by atoms with van der Waals surface area (Å²) >= 11 is 0. The molecule has 1 fully saturated rings. The zero-order valence-corrected chi connectivity index (χ0v) is 15.0. The lowest BCUT2D eigenvalue weighted by Crippen LogP contribution is -2.38. The molecule has 5 rings (SSSR count). The molecule has 26 heavy (non-hydrogen) atoms. The second-order valence-corrected chi connectivity index (χ2v) is 7.79. The molecule has 3 atom stereocenters. The van der Waals surface area contributed by atoms with Crippen LogP contribution in [0.15, 0.2) is 36.1 Å². The number of aromatic nitrogens is 1. The Morgan fingerprint density at radius 2 is 2.12 bits per heavy atom. The molecule has 0 aliphatic carbocycles. The second-order valence-electron chi connectivity index (χ2n) is 7.79. The van der Waals surface area contributed by atoms with Gasteiger partial charge in [0.25, 0.3) is 0 Å². The highest BCUT2D eigenvalue weighted by molar-refractivity contribution is 6.25. The highest BCUT2D eigenvalue weighted by Gasteiger charge is 2.52. The summed E-state index contributed by atoms with van der Waals surface area (Å²) in [6.07, 6.45) is 1.24. The van der Waals surface area contributed by atoms with Gasteiger partial charge < -0.3 is 20.2 Å². The molecule has 0 amide bonds. The van der Waals surface area contributed by atoms with Crippen molar-refractivity contribution in [3.63, 3.8) is 0 Å². The largest absolute Gasteiger partial charge is 0.493 e. The Hall–Kier alpha value is -2.53. The summed E-state index contributed by atoms with van der Waals surface area (Å²) in [5.41, 5.74) is 10.2. The molecule has 3 aliphatic rings. The monoisotopic (exact) mass is 350 g/mol. The van der Waals surface area contributed by atoms with Crippen molar-refractivity contribution in [3.8, 4) is 11.3 Å². The zero-order valence-electron chi connectivity index (χ0n) is 15.0. The number of aromatic amines is 1. The van der Waals surface area contributed by atoms with Gasteiger partial charge >= 0.3 is 0 Å². The third-order valence-corrected chi connectivity index (χ3v) is 5.88. The lowest BCUT2D eigenvalue weighted by atomic mass is 9.85. The summed E-state index contributed by atoms with van der Waals surface area (Å²) in [4.78, 5) is 16.2. The van der Waals surface area contributed by atoms with Gasteiger partial charge in [-0.3, -0.25) is 4.79 Å². The predicted molar refractivity (Wildman–Crippen MR) is 99.4 cm³/mol. The van der Waals surface area contributed by atoms with Crippen LogP contribution in [0.3, 0.4) is 0 Å². The number of nitrogens with one attached hydrogen (secondary N) is 1. The normalized spacial score (nSPS) is 29.8. The average molecular weight is 350 g/mol. The molecule has 1 aromatic heterocycles. The number of ketones is 1. The molecule has 5 nitrogen and oxygen atoms in total. The van der Waals surface area contributed by atoms with Gasteiger partial charge in [0.15, 0.2) is 5.78 Å². The number of hydrogen-bond acceptors (Lipinski definition) is 4. The first kappa shape index (κ1) is 15.7. The molecule has 2 bridgehead atoms. The van der Waals surface area contributed by atoms with Crippen LogP contribution in [0.2, 0.25) is 0 Å². The van der Waals surface area contributed by atoms with Crippen LogP contribution in [-0.2, 0) is 14.3 Å². The lowest BCUT2D eigenvalue weighted by Gasteiger charge is -2.33. The van der Waals surface area contributed by atoms with E-state index >= 15 is 0 Å². The van der Waals surface area contributed by atoms with E-state index in [-0.39, 0.29) is 17.8 Å². The van der Waals surface area contributed by atoms with Crippen molar-refractivity contribution in [1.29, 1.82) is 0 Å². The van der Waals surface area contributed by atoms with Gasteiger partial charge in [0.05, 0.1) is 12.2 Å². The third kappa shape index (κ3) is 2.10. The highest BCUT2D eigenvalue weighted by atomic mass is 16.6. The van der Waals surface area contributed by atoms with Gasteiger partial charge in [0, 0.05) is 11.6 Å². The maximum absolute atomic E-state index is 13.1. The molecular formula is C21H22N2O3.